The van der Waals surface area contributed by atoms with Gasteiger partial charge in [-0.05, 0) is 44.4 Å². The van der Waals surface area contributed by atoms with Gasteiger partial charge in [-0.25, -0.2) is 0 Å². The minimum atomic E-state index is 0.0195. The van der Waals surface area contributed by atoms with Crippen molar-refractivity contribution in [1.82, 2.24) is 0 Å². The summed E-state index contributed by atoms with van der Waals surface area (Å²) >= 11 is 0. The Balaban J connectivity index is 3.20. The Bertz CT molecular complexity index is 484. The number of ether oxygens (including phenoxy) is 1. The quantitative estimate of drug-likeness (QED) is 0.0502. The lowest BCUT2D eigenvalue weighted by atomic mass is 9.99. The van der Waals surface area contributed by atoms with Crippen LogP contribution in [0.25, 0.3) is 0 Å². The molecule has 1 unspecified atom stereocenters. The zero-order valence-electron chi connectivity index (χ0n) is 26.6. The molecule has 38 heavy (non-hydrogen) atoms. The number of carbonyl (C=O) groups excluding carboxylic acids is 1. The molecule has 0 aromatic carbocycles. The van der Waals surface area contributed by atoms with Crippen LogP contribution in [-0.2, 0) is 9.53 Å². The molecule has 0 bridgehead atoms. The molecule has 0 aliphatic rings. The number of rotatable bonds is 31. The first-order valence-corrected chi connectivity index (χ1v) is 17.5. The van der Waals surface area contributed by atoms with Crippen LogP contribution in [0.5, 0.6) is 0 Å². The minimum Gasteiger partial charge on any atom is -0.466 e. The van der Waals surface area contributed by atoms with E-state index >= 15 is 0 Å². The summed E-state index contributed by atoms with van der Waals surface area (Å²) in [7, 11) is 0. The number of carbonyl (C=O) groups is 1. The Labute approximate surface area is 240 Å². The van der Waals surface area contributed by atoms with Crippen molar-refractivity contribution in [2.75, 3.05) is 6.61 Å². The Kier molecular flexibility index (Phi) is 31.7. The van der Waals surface area contributed by atoms with Crippen LogP contribution in [0.15, 0.2) is 12.2 Å². The number of hydrogen-bond acceptors (Lipinski definition) is 2. The number of hydrogen-bond donors (Lipinski definition) is 0. The van der Waals surface area contributed by atoms with Crippen molar-refractivity contribution in [2.24, 2.45) is 5.92 Å². The van der Waals surface area contributed by atoms with Gasteiger partial charge < -0.3 is 4.74 Å². The fourth-order valence-corrected chi connectivity index (χ4v) is 5.17. The largest absolute Gasteiger partial charge is 0.466 e. The minimum absolute atomic E-state index is 0.0195. The highest BCUT2D eigenvalue weighted by Crippen LogP contribution is 2.16. The zero-order valence-corrected chi connectivity index (χ0v) is 26.6. The molecule has 0 heterocycles. The predicted molar refractivity (Wildman–Crippen MR) is 170 cm³/mol. The average Bonchev–Trinajstić information content (AvgIpc) is 2.92. The first kappa shape index (κ1) is 37.2. The van der Waals surface area contributed by atoms with Crippen LogP contribution < -0.4 is 0 Å². The zero-order chi connectivity index (χ0) is 27.8. The van der Waals surface area contributed by atoms with Gasteiger partial charge in [-0.15, -0.1) is 0 Å². The highest BCUT2D eigenvalue weighted by Gasteiger charge is 2.03. The van der Waals surface area contributed by atoms with Crippen LogP contribution in [0, 0.1) is 5.92 Å². The van der Waals surface area contributed by atoms with Crippen LogP contribution in [0.3, 0.4) is 0 Å². The molecule has 226 valence electrons. The van der Waals surface area contributed by atoms with E-state index in [9.17, 15) is 4.79 Å². The summed E-state index contributed by atoms with van der Waals surface area (Å²) in [6, 6.07) is 0. The third-order valence-corrected chi connectivity index (χ3v) is 8.19. The molecule has 0 aliphatic carbocycles. The van der Waals surface area contributed by atoms with E-state index in [1.807, 2.05) is 0 Å². The summed E-state index contributed by atoms with van der Waals surface area (Å²) in [5.74, 6) is 0.933. The van der Waals surface area contributed by atoms with Gasteiger partial charge in [0.2, 0.25) is 0 Å². The van der Waals surface area contributed by atoms with Gasteiger partial charge in [0.05, 0.1) is 6.61 Å². The topological polar surface area (TPSA) is 26.3 Å². The molecule has 0 saturated carbocycles. The number of unbranched alkanes of at least 4 members (excludes halogenated alkanes) is 22. The molecule has 0 aromatic rings. The molecule has 0 spiro atoms. The SMILES string of the molecule is CCCCCCCCC=CCCCCCCCCCC(=O)OCCCCCCCCCCCCC(C)CC. The summed E-state index contributed by atoms with van der Waals surface area (Å²) in [6.07, 6.45) is 41.1. The van der Waals surface area contributed by atoms with Crippen molar-refractivity contribution in [1.29, 1.82) is 0 Å². The van der Waals surface area contributed by atoms with Gasteiger partial charge in [0, 0.05) is 6.42 Å². The molecule has 0 rings (SSSR count). The van der Waals surface area contributed by atoms with E-state index in [0.717, 1.165) is 18.8 Å². The summed E-state index contributed by atoms with van der Waals surface area (Å²) in [4.78, 5) is 11.9. The fourth-order valence-electron chi connectivity index (χ4n) is 5.17. The van der Waals surface area contributed by atoms with E-state index in [0.29, 0.717) is 13.0 Å². The Hall–Kier alpha value is -0.790. The third-order valence-electron chi connectivity index (χ3n) is 8.19. The van der Waals surface area contributed by atoms with Crippen LogP contribution in [0.1, 0.15) is 201 Å². The van der Waals surface area contributed by atoms with Gasteiger partial charge in [0.15, 0.2) is 0 Å². The smallest absolute Gasteiger partial charge is 0.305 e. The lowest BCUT2D eigenvalue weighted by molar-refractivity contribution is -0.143. The maximum atomic E-state index is 11.9. The van der Waals surface area contributed by atoms with Gasteiger partial charge in [-0.3, -0.25) is 4.79 Å². The Morgan fingerprint density at radius 3 is 1.47 bits per heavy atom. The summed E-state index contributed by atoms with van der Waals surface area (Å²) in [5.41, 5.74) is 0. The molecule has 0 N–H and O–H groups in total. The second-order valence-electron chi connectivity index (χ2n) is 12.1. The first-order valence-electron chi connectivity index (χ1n) is 17.5. The number of esters is 1. The lowest BCUT2D eigenvalue weighted by Gasteiger charge is -2.07. The van der Waals surface area contributed by atoms with E-state index in [1.165, 1.54) is 161 Å². The summed E-state index contributed by atoms with van der Waals surface area (Å²) in [5, 5.41) is 0. The highest BCUT2D eigenvalue weighted by molar-refractivity contribution is 5.69. The van der Waals surface area contributed by atoms with Gasteiger partial charge in [0.1, 0.15) is 0 Å². The van der Waals surface area contributed by atoms with E-state index in [4.69, 9.17) is 4.74 Å². The summed E-state index contributed by atoms with van der Waals surface area (Å²) in [6.45, 7) is 7.59. The van der Waals surface area contributed by atoms with Gasteiger partial charge >= 0.3 is 5.97 Å². The molecule has 1 atom stereocenters. The van der Waals surface area contributed by atoms with Crippen molar-refractivity contribution in [3.8, 4) is 0 Å². The molecule has 0 radical (unpaired) electrons. The molecule has 0 aromatic heterocycles. The highest BCUT2D eigenvalue weighted by atomic mass is 16.5. The van der Waals surface area contributed by atoms with Gasteiger partial charge in [-0.2, -0.15) is 0 Å². The predicted octanol–water partition coefficient (Wildman–Crippen LogP) is 12.7. The molecular formula is C36H70O2. The van der Waals surface area contributed by atoms with Crippen LogP contribution in [0.2, 0.25) is 0 Å². The Morgan fingerprint density at radius 2 is 0.974 bits per heavy atom. The van der Waals surface area contributed by atoms with Crippen LogP contribution in [-0.4, -0.2) is 12.6 Å². The average molecular weight is 535 g/mol. The van der Waals surface area contributed by atoms with Gasteiger partial charge in [0.25, 0.3) is 0 Å². The van der Waals surface area contributed by atoms with E-state index in [2.05, 4.69) is 32.9 Å². The molecular weight excluding hydrogens is 464 g/mol. The lowest BCUT2D eigenvalue weighted by Crippen LogP contribution is -2.05. The molecule has 2 heteroatoms. The van der Waals surface area contributed by atoms with Crippen molar-refractivity contribution in [3.05, 3.63) is 12.2 Å². The fraction of sp³-hybridized carbons (Fsp3) is 0.917. The molecule has 0 amide bonds. The van der Waals surface area contributed by atoms with Crippen LogP contribution in [0.4, 0.5) is 0 Å². The van der Waals surface area contributed by atoms with Crippen LogP contribution >= 0.6 is 0 Å². The van der Waals surface area contributed by atoms with E-state index in [-0.39, 0.29) is 5.97 Å². The van der Waals surface area contributed by atoms with Gasteiger partial charge in [-0.1, -0.05) is 168 Å². The van der Waals surface area contributed by atoms with Crippen molar-refractivity contribution >= 4 is 5.97 Å². The standard InChI is InChI=1S/C36H70O2/c1-4-6-7-8-9-10-11-12-13-14-15-16-17-21-24-27-30-33-36(37)38-34-31-28-25-22-19-18-20-23-26-29-32-35(3)5-2/h12-13,35H,4-11,14-34H2,1-3H3. The van der Waals surface area contributed by atoms with Crippen molar-refractivity contribution < 1.29 is 9.53 Å². The van der Waals surface area contributed by atoms with E-state index < -0.39 is 0 Å². The second kappa shape index (κ2) is 32.4. The molecule has 0 saturated heterocycles. The number of allylic oxidation sites excluding steroid dienone is 2. The third kappa shape index (κ3) is 31.4. The second-order valence-corrected chi connectivity index (χ2v) is 12.1. The monoisotopic (exact) mass is 535 g/mol. The summed E-state index contributed by atoms with van der Waals surface area (Å²) < 4.78 is 5.43. The van der Waals surface area contributed by atoms with Crippen molar-refractivity contribution in [2.45, 2.75) is 201 Å². The first-order chi connectivity index (χ1) is 18.7. The Morgan fingerprint density at radius 1 is 0.553 bits per heavy atom. The normalized spacial score (nSPS) is 12.4. The van der Waals surface area contributed by atoms with E-state index in [1.54, 1.807) is 0 Å². The molecule has 0 fully saturated rings. The molecule has 0 aliphatic heterocycles. The van der Waals surface area contributed by atoms with Crippen molar-refractivity contribution in [3.63, 3.8) is 0 Å². The maximum absolute atomic E-state index is 11.9. The molecule has 2 nitrogen and oxygen atoms in total. The maximum Gasteiger partial charge on any atom is 0.305 e.